The number of H-pyrrole nitrogens is 1. The van der Waals surface area contributed by atoms with E-state index in [1.807, 2.05) is 30.3 Å². The van der Waals surface area contributed by atoms with Gasteiger partial charge in [-0.1, -0.05) is 36.4 Å². The number of nitrogens with zero attached hydrogens (tertiary/aromatic N) is 2. The van der Waals surface area contributed by atoms with Crippen LogP contribution >= 0.6 is 11.3 Å². The summed E-state index contributed by atoms with van der Waals surface area (Å²) in [5.74, 6) is -1.89. The molecule has 1 N–H and O–H groups in total. The molecule has 33 heavy (non-hydrogen) atoms. The molecular formula is C24H19F2N3O3S. The van der Waals surface area contributed by atoms with Crippen LogP contribution in [0, 0.1) is 11.6 Å². The highest BCUT2D eigenvalue weighted by Crippen LogP contribution is 2.32. The fourth-order valence-corrected chi connectivity index (χ4v) is 5.44. The average Bonchev–Trinajstić information content (AvgIpc) is 3.17. The minimum absolute atomic E-state index is 0.161. The molecule has 4 aromatic rings. The minimum Gasteiger partial charge on any atom is -0.337 e. The number of halogens is 2. The van der Waals surface area contributed by atoms with Gasteiger partial charge in [0.05, 0.1) is 24.9 Å². The lowest BCUT2D eigenvalue weighted by Crippen LogP contribution is -2.38. The third-order valence-electron chi connectivity index (χ3n) is 5.91. The van der Waals surface area contributed by atoms with Crippen LogP contribution in [0.3, 0.4) is 0 Å². The molecule has 0 bridgehead atoms. The standard InChI is InChI=1S/C24H19F2N3O3S/c25-17-7-4-8-18(26)16(17)11-20(30)28-10-9-15-19(13-28)33-22-21(15)23(31)29(24(32)27-22)12-14-5-2-1-3-6-14/h1-8H,9-13H2,(H,27,32). The Hall–Kier alpha value is -3.59. The van der Waals surface area contributed by atoms with Gasteiger partial charge in [-0.3, -0.25) is 19.1 Å². The first-order valence-corrected chi connectivity index (χ1v) is 11.3. The molecular weight excluding hydrogens is 448 g/mol. The summed E-state index contributed by atoms with van der Waals surface area (Å²) in [4.78, 5) is 44.1. The van der Waals surface area contributed by atoms with Crippen LogP contribution in [-0.4, -0.2) is 26.9 Å². The highest BCUT2D eigenvalue weighted by molar-refractivity contribution is 7.18. The van der Waals surface area contributed by atoms with Crippen molar-refractivity contribution in [1.29, 1.82) is 0 Å². The lowest BCUT2D eigenvalue weighted by Gasteiger charge is -2.27. The molecule has 5 rings (SSSR count). The van der Waals surface area contributed by atoms with Crippen molar-refractivity contribution in [3.8, 4) is 0 Å². The van der Waals surface area contributed by atoms with Crippen molar-refractivity contribution in [3.63, 3.8) is 0 Å². The number of rotatable bonds is 4. The van der Waals surface area contributed by atoms with Crippen LogP contribution in [0.15, 0.2) is 58.1 Å². The monoisotopic (exact) mass is 467 g/mol. The molecule has 2 aromatic heterocycles. The maximum absolute atomic E-state index is 14.0. The van der Waals surface area contributed by atoms with Crippen molar-refractivity contribution in [2.24, 2.45) is 0 Å². The second-order valence-corrected chi connectivity index (χ2v) is 9.06. The topological polar surface area (TPSA) is 75.2 Å². The Morgan fingerprint density at radius 3 is 2.48 bits per heavy atom. The van der Waals surface area contributed by atoms with Crippen molar-refractivity contribution in [3.05, 3.63) is 103 Å². The van der Waals surface area contributed by atoms with Gasteiger partial charge in [-0.05, 0) is 29.7 Å². The molecule has 0 atom stereocenters. The van der Waals surface area contributed by atoms with E-state index in [0.29, 0.717) is 23.2 Å². The molecule has 0 aliphatic carbocycles. The number of nitrogens with one attached hydrogen (secondary N) is 1. The van der Waals surface area contributed by atoms with E-state index in [1.54, 1.807) is 0 Å². The minimum atomic E-state index is -0.751. The fraction of sp³-hybridized carbons (Fsp3) is 0.208. The Bertz CT molecular complexity index is 1470. The summed E-state index contributed by atoms with van der Waals surface area (Å²) in [6, 6.07) is 12.8. The number of aromatic nitrogens is 2. The second-order valence-electron chi connectivity index (χ2n) is 7.96. The molecule has 0 unspecified atom stereocenters. The van der Waals surface area contributed by atoms with Crippen LogP contribution in [0.4, 0.5) is 8.78 Å². The summed E-state index contributed by atoms with van der Waals surface area (Å²) in [7, 11) is 0. The van der Waals surface area contributed by atoms with Gasteiger partial charge in [-0.2, -0.15) is 0 Å². The zero-order valence-electron chi connectivity index (χ0n) is 17.4. The van der Waals surface area contributed by atoms with Gasteiger partial charge in [-0.15, -0.1) is 11.3 Å². The van der Waals surface area contributed by atoms with Crippen molar-refractivity contribution in [1.82, 2.24) is 14.5 Å². The molecule has 1 aliphatic heterocycles. The number of benzene rings is 2. The molecule has 0 spiro atoms. The number of carbonyl (C=O) groups is 1. The number of aromatic amines is 1. The maximum Gasteiger partial charge on any atom is 0.329 e. The fourth-order valence-electron chi connectivity index (χ4n) is 4.20. The van der Waals surface area contributed by atoms with E-state index in [-0.39, 0.29) is 30.6 Å². The third kappa shape index (κ3) is 3.89. The summed E-state index contributed by atoms with van der Waals surface area (Å²) in [6.45, 7) is 0.711. The molecule has 6 nitrogen and oxygen atoms in total. The summed E-state index contributed by atoms with van der Waals surface area (Å²) in [5, 5.41) is 0.470. The first-order chi connectivity index (χ1) is 15.9. The molecule has 1 aliphatic rings. The number of fused-ring (bicyclic) bond motifs is 3. The van der Waals surface area contributed by atoms with Gasteiger partial charge in [0.2, 0.25) is 5.91 Å². The Labute approximate surface area is 190 Å². The maximum atomic E-state index is 14.0. The first kappa shape index (κ1) is 21.3. The van der Waals surface area contributed by atoms with Crippen LogP contribution in [0.5, 0.6) is 0 Å². The van der Waals surface area contributed by atoms with Crippen molar-refractivity contribution in [2.45, 2.75) is 25.9 Å². The van der Waals surface area contributed by atoms with Crippen LogP contribution in [0.1, 0.15) is 21.6 Å². The van der Waals surface area contributed by atoms with Crippen LogP contribution < -0.4 is 11.2 Å². The van der Waals surface area contributed by atoms with Crippen LogP contribution in [-0.2, 0) is 30.7 Å². The van der Waals surface area contributed by atoms with Gasteiger partial charge in [0.1, 0.15) is 16.5 Å². The largest absolute Gasteiger partial charge is 0.337 e. The van der Waals surface area contributed by atoms with Gasteiger partial charge in [-0.25, -0.2) is 13.6 Å². The zero-order chi connectivity index (χ0) is 23.1. The summed E-state index contributed by atoms with van der Waals surface area (Å²) < 4.78 is 29.1. The highest BCUT2D eigenvalue weighted by atomic mass is 32.1. The smallest absolute Gasteiger partial charge is 0.329 e. The predicted octanol–water partition coefficient (Wildman–Crippen LogP) is 3.21. The first-order valence-electron chi connectivity index (χ1n) is 10.4. The van der Waals surface area contributed by atoms with E-state index in [2.05, 4.69) is 4.98 Å². The molecule has 0 saturated carbocycles. The molecule has 0 fully saturated rings. The van der Waals surface area contributed by atoms with Gasteiger partial charge in [0, 0.05) is 17.0 Å². The van der Waals surface area contributed by atoms with E-state index in [1.165, 1.54) is 26.9 Å². The van der Waals surface area contributed by atoms with Gasteiger partial charge >= 0.3 is 5.69 Å². The highest BCUT2D eigenvalue weighted by Gasteiger charge is 2.27. The van der Waals surface area contributed by atoms with Crippen molar-refractivity contribution < 1.29 is 13.6 Å². The predicted molar refractivity (Wildman–Crippen MR) is 121 cm³/mol. The third-order valence-corrected chi connectivity index (χ3v) is 7.04. The number of hydrogen-bond donors (Lipinski definition) is 1. The van der Waals surface area contributed by atoms with Gasteiger partial charge in [0.25, 0.3) is 5.56 Å². The Kier molecular flexibility index (Phi) is 5.41. The number of carbonyl (C=O) groups excluding carboxylic acids is 1. The SMILES string of the molecule is O=C(Cc1c(F)cccc1F)N1CCc2c(sc3[nH]c(=O)n(Cc4ccccc4)c(=O)c23)C1. The zero-order valence-corrected chi connectivity index (χ0v) is 18.3. The molecule has 0 radical (unpaired) electrons. The molecule has 9 heteroatoms. The van der Waals surface area contributed by atoms with E-state index in [9.17, 15) is 23.2 Å². The summed E-state index contributed by atoms with van der Waals surface area (Å²) >= 11 is 1.27. The Morgan fingerprint density at radius 2 is 1.76 bits per heavy atom. The van der Waals surface area contributed by atoms with Crippen LogP contribution in [0.25, 0.3) is 10.2 Å². The quantitative estimate of drug-likeness (QED) is 0.501. The number of amides is 1. The molecule has 2 aromatic carbocycles. The normalized spacial score (nSPS) is 13.3. The lowest BCUT2D eigenvalue weighted by molar-refractivity contribution is -0.131. The van der Waals surface area contributed by atoms with E-state index in [4.69, 9.17) is 0 Å². The number of hydrogen-bond acceptors (Lipinski definition) is 4. The average molecular weight is 467 g/mol. The second kappa shape index (κ2) is 8.40. The van der Waals surface area contributed by atoms with E-state index in [0.717, 1.165) is 28.1 Å². The molecule has 1 amide bonds. The Morgan fingerprint density at radius 1 is 1.03 bits per heavy atom. The van der Waals surface area contributed by atoms with E-state index >= 15 is 0 Å². The van der Waals surface area contributed by atoms with Gasteiger partial charge in [0.15, 0.2) is 0 Å². The lowest BCUT2D eigenvalue weighted by atomic mass is 10.0. The Balaban J connectivity index is 1.45. The number of thiophene rings is 1. The molecule has 168 valence electrons. The summed E-state index contributed by atoms with van der Waals surface area (Å²) in [5.41, 5.74) is 0.559. The summed E-state index contributed by atoms with van der Waals surface area (Å²) in [6.07, 6.45) is 0.0485. The van der Waals surface area contributed by atoms with E-state index < -0.39 is 23.2 Å². The van der Waals surface area contributed by atoms with Crippen molar-refractivity contribution in [2.75, 3.05) is 6.54 Å². The van der Waals surface area contributed by atoms with Gasteiger partial charge < -0.3 is 4.90 Å². The van der Waals surface area contributed by atoms with Crippen LogP contribution in [0.2, 0.25) is 0 Å². The molecule has 3 heterocycles. The van der Waals surface area contributed by atoms with Crippen molar-refractivity contribution >= 4 is 27.5 Å². The molecule has 0 saturated heterocycles.